The van der Waals surface area contributed by atoms with Gasteiger partial charge in [-0.2, -0.15) is 0 Å². The molecule has 1 aliphatic heterocycles. The Morgan fingerprint density at radius 3 is 3.33 bits per heavy atom. The van der Waals surface area contributed by atoms with E-state index in [-0.39, 0.29) is 0 Å². The fraction of sp³-hybridized carbons (Fsp3) is 0.538. The minimum absolute atomic E-state index is 0.619. The summed E-state index contributed by atoms with van der Waals surface area (Å²) in [6.45, 7) is 3.09. The summed E-state index contributed by atoms with van der Waals surface area (Å²) in [7, 11) is 2.17. The van der Waals surface area contributed by atoms with Gasteiger partial charge in [0.05, 0.1) is 12.1 Å². The van der Waals surface area contributed by atoms with Crippen LogP contribution in [0.15, 0.2) is 17.8 Å². The smallest absolute Gasteiger partial charge is 0.234 e. The Morgan fingerprint density at radius 1 is 1.50 bits per heavy atom. The van der Waals surface area contributed by atoms with Crippen LogP contribution in [0.4, 0.5) is 0 Å². The van der Waals surface area contributed by atoms with Crippen LogP contribution in [0.3, 0.4) is 0 Å². The van der Waals surface area contributed by atoms with E-state index in [0.717, 1.165) is 29.2 Å². The van der Waals surface area contributed by atoms with Crippen LogP contribution >= 0.6 is 11.3 Å². The van der Waals surface area contributed by atoms with Gasteiger partial charge in [0.15, 0.2) is 0 Å². The molecule has 0 saturated carbocycles. The number of aromatic nitrogens is 2. The van der Waals surface area contributed by atoms with Crippen molar-refractivity contribution < 1.29 is 4.74 Å². The molecule has 1 fully saturated rings. The quantitative estimate of drug-likeness (QED) is 0.852. The summed E-state index contributed by atoms with van der Waals surface area (Å²) in [5, 5.41) is 2.03. The molecule has 18 heavy (non-hydrogen) atoms. The van der Waals surface area contributed by atoms with Gasteiger partial charge >= 0.3 is 0 Å². The number of likely N-dealkylation sites (tertiary alicyclic amines) is 1. The first kappa shape index (κ1) is 11.9. The Balaban J connectivity index is 1.67. The van der Waals surface area contributed by atoms with Crippen LogP contribution in [0.25, 0.3) is 10.2 Å². The van der Waals surface area contributed by atoms with Crippen molar-refractivity contribution in [2.75, 3.05) is 26.7 Å². The lowest BCUT2D eigenvalue weighted by molar-refractivity contribution is 0.148. The molecule has 0 amide bonds. The molecular weight excluding hydrogens is 246 g/mol. The molecule has 3 heterocycles. The van der Waals surface area contributed by atoms with Gasteiger partial charge in [0.1, 0.15) is 11.0 Å². The third-order valence-electron chi connectivity index (χ3n) is 3.39. The van der Waals surface area contributed by atoms with E-state index in [9.17, 15) is 0 Å². The van der Waals surface area contributed by atoms with E-state index in [0.29, 0.717) is 5.92 Å². The molecular formula is C13H17N3OS. The van der Waals surface area contributed by atoms with Crippen molar-refractivity contribution in [3.63, 3.8) is 0 Å². The van der Waals surface area contributed by atoms with E-state index in [1.165, 1.54) is 19.4 Å². The number of ether oxygens (including phenoxy) is 1. The van der Waals surface area contributed by atoms with Gasteiger partial charge in [-0.15, -0.1) is 11.3 Å². The Morgan fingerprint density at radius 2 is 2.44 bits per heavy atom. The van der Waals surface area contributed by atoms with Gasteiger partial charge in [0, 0.05) is 12.5 Å². The largest absolute Gasteiger partial charge is 0.476 e. The highest BCUT2D eigenvalue weighted by Gasteiger charge is 2.18. The number of piperidine rings is 1. The molecule has 0 radical (unpaired) electrons. The minimum Gasteiger partial charge on any atom is -0.476 e. The number of hydrogen-bond donors (Lipinski definition) is 0. The minimum atomic E-state index is 0.619. The van der Waals surface area contributed by atoms with Crippen LogP contribution < -0.4 is 4.74 Å². The normalized spacial score (nSPS) is 21.3. The Hall–Kier alpha value is -1.20. The summed E-state index contributed by atoms with van der Waals surface area (Å²) in [5.41, 5.74) is 0.978. The van der Waals surface area contributed by atoms with E-state index in [1.54, 1.807) is 17.7 Å². The summed E-state index contributed by atoms with van der Waals surface area (Å²) >= 11 is 1.64. The average molecular weight is 263 g/mol. The van der Waals surface area contributed by atoms with Gasteiger partial charge in [-0.05, 0) is 37.9 Å². The molecule has 0 aliphatic carbocycles. The van der Waals surface area contributed by atoms with Crippen molar-refractivity contribution in [1.82, 2.24) is 14.9 Å². The number of fused-ring (bicyclic) bond motifs is 1. The van der Waals surface area contributed by atoms with E-state index in [4.69, 9.17) is 4.74 Å². The summed E-state index contributed by atoms with van der Waals surface area (Å²) < 4.78 is 6.96. The zero-order valence-corrected chi connectivity index (χ0v) is 11.3. The van der Waals surface area contributed by atoms with Gasteiger partial charge in [0.25, 0.3) is 0 Å². The molecule has 3 rings (SSSR count). The second kappa shape index (κ2) is 5.20. The van der Waals surface area contributed by atoms with E-state index >= 15 is 0 Å². The fourth-order valence-electron chi connectivity index (χ4n) is 2.48. The topological polar surface area (TPSA) is 38.2 Å². The van der Waals surface area contributed by atoms with Crippen LogP contribution in [-0.4, -0.2) is 41.6 Å². The Kier molecular flexibility index (Phi) is 3.43. The maximum absolute atomic E-state index is 5.90. The third-order valence-corrected chi connectivity index (χ3v) is 4.28. The third kappa shape index (κ3) is 2.47. The summed E-state index contributed by atoms with van der Waals surface area (Å²) in [5.74, 6) is 1.36. The second-order valence-corrected chi connectivity index (χ2v) is 5.81. The molecule has 2 aromatic heterocycles. The molecule has 4 nitrogen and oxygen atoms in total. The zero-order chi connectivity index (χ0) is 12.4. The first-order valence-electron chi connectivity index (χ1n) is 6.32. The van der Waals surface area contributed by atoms with Gasteiger partial charge < -0.3 is 9.64 Å². The fourth-order valence-corrected chi connectivity index (χ4v) is 3.26. The lowest BCUT2D eigenvalue weighted by atomic mass is 10.00. The Labute approximate surface area is 111 Å². The van der Waals surface area contributed by atoms with Crippen molar-refractivity contribution in [1.29, 1.82) is 0 Å². The number of rotatable bonds is 3. The summed E-state index contributed by atoms with van der Waals surface area (Å²) in [6.07, 6.45) is 4.10. The second-order valence-electron chi connectivity index (χ2n) is 4.90. The molecule has 0 spiro atoms. The lowest BCUT2D eigenvalue weighted by Gasteiger charge is -2.29. The molecule has 1 unspecified atom stereocenters. The molecule has 5 heteroatoms. The first-order valence-corrected chi connectivity index (χ1v) is 7.20. The molecule has 1 saturated heterocycles. The molecule has 2 aromatic rings. The molecule has 0 aromatic carbocycles. The van der Waals surface area contributed by atoms with Crippen molar-refractivity contribution in [3.05, 3.63) is 17.8 Å². The summed E-state index contributed by atoms with van der Waals surface area (Å²) in [4.78, 5) is 10.8. The van der Waals surface area contributed by atoms with Crippen molar-refractivity contribution >= 4 is 21.6 Å². The number of hydrogen-bond acceptors (Lipinski definition) is 5. The van der Waals surface area contributed by atoms with Crippen LogP contribution in [0.1, 0.15) is 12.8 Å². The molecule has 0 N–H and O–H groups in total. The zero-order valence-electron chi connectivity index (χ0n) is 10.5. The standard InChI is InChI=1S/C13H17N3OS/c1-16-5-2-3-10(7-16)8-17-13-12-11(4-6-18-12)14-9-15-13/h4,6,9-10H,2-3,5,7-8H2,1H3. The maximum Gasteiger partial charge on any atom is 0.234 e. The molecule has 1 atom stereocenters. The average Bonchev–Trinajstić information content (AvgIpc) is 2.85. The number of nitrogens with zero attached hydrogens (tertiary/aromatic N) is 3. The van der Waals surface area contributed by atoms with Crippen LogP contribution in [-0.2, 0) is 0 Å². The summed E-state index contributed by atoms with van der Waals surface area (Å²) in [6, 6.07) is 2.00. The van der Waals surface area contributed by atoms with Crippen molar-refractivity contribution in [2.45, 2.75) is 12.8 Å². The van der Waals surface area contributed by atoms with Crippen LogP contribution in [0, 0.1) is 5.92 Å². The highest BCUT2D eigenvalue weighted by Crippen LogP contribution is 2.27. The van der Waals surface area contributed by atoms with E-state index < -0.39 is 0 Å². The predicted octanol–water partition coefficient (Wildman–Crippen LogP) is 2.41. The van der Waals surface area contributed by atoms with Gasteiger partial charge in [-0.3, -0.25) is 0 Å². The Bertz CT molecular complexity index is 528. The first-order chi connectivity index (χ1) is 8.83. The van der Waals surface area contributed by atoms with Crippen molar-refractivity contribution in [3.8, 4) is 5.88 Å². The molecule has 1 aliphatic rings. The lowest BCUT2D eigenvalue weighted by Crippen LogP contribution is -2.34. The van der Waals surface area contributed by atoms with E-state index in [1.807, 2.05) is 11.4 Å². The monoisotopic (exact) mass is 263 g/mol. The van der Waals surface area contributed by atoms with Gasteiger partial charge in [0.2, 0.25) is 5.88 Å². The SMILES string of the molecule is CN1CCCC(COc2ncnc3ccsc23)C1. The molecule has 96 valence electrons. The maximum atomic E-state index is 5.90. The highest BCUT2D eigenvalue weighted by molar-refractivity contribution is 7.17. The van der Waals surface area contributed by atoms with Gasteiger partial charge in [-0.25, -0.2) is 9.97 Å². The van der Waals surface area contributed by atoms with E-state index in [2.05, 4.69) is 21.9 Å². The molecule has 0 bridgehead atoms. The van der Waals surface area contributed by atoms with Crippen molar-refractivity contribution in [2.24, 2.45) is 5.92 Å². The van der Waals surface area contributed by atoms with Gasteiger partial charge in [-0.1, -0.05) is 0 Å². The highest BCUT2D eigenvalue weighted by atomic mass is 32.1. The predicted molar refractivity (Wildman–Crippen MR) is 73.1 cm³/mol. The van der Waals surface area contributed by atoms with Crippen LogP contribution in [0.5, 0.6) is 5.88 Å². The van der Waals surface area contributed by atoms with Crippen LogP contribution in [0.2, 0.25) is 0 Å². The number of thiophene rings is 1.